The van der Waals surface area contributed by atoms with Gasteiger partial charge in [0.2, 0.25) is 0 Å². The van der Waals surface area contributed by atoms with Gasteiger partial charge in [0.1, 0.15) is 10.5 Å². The molecule has 5 heterocycles. The fourth-order valence-corrected chi connectivity index (χ4v) is 8.58. The number of pyridine rings is 1. The fraction of sp³-hybridized carbons (Fsp3) is 0.462. The average molecular weight is 745 g/mol. The molecule has 0 aliphatic carbocycles. The van der Waals surface area contributed by atoms with Gasteiger partial charge in [-0.05, 0) is 109 Å². The SMILES string of the molecule is Cc1cc2nc(-c3ccc4c(n3)c(C3CCN(C5CN(C(=O)OC(C)C)C5)CC3)nn4C)sc2c(-c2ccc(Cl)cc2)c1[C@H](OC(C)(C)C)C(=O)O. The number of benzene rings is 2. The van der Waals surface area contributed by atoms with Crippen LogP contribution in [0.15, 0.2) is 42.5 Å². The number of rotatable bonds is 8. The number of likely N-dealkylation sites (tertiary alicyclic amines) is 2. The first-order chi connectivity index (χ1) is 24.7. The second-order valence-electron chi connectivity index (χ2n) is 15.2. The number of hydrogen-bond donors (Lipinski definition) is 1. The highest BCUT2D eigenvalue weighted by atomic mass is 35.5. The Hall–Kier alpha value is -4.10. The largest absolute Gasteiger partial charge is 0.479 e. The van der Waals surface area contributed by atoms with E-state index in [1.54, 1.807) is 4.90 Å². The molecule has 7 rings (SSSR count). The molecule has 13 heteroatoms. The van der Waals surface area contributed by atoms with E-state index >= 15 is 0 Å². The van der Waals surface area contributed by atoms with Crippen molar-refractivity contribution in [2.75, 3.05) is 26.2 Å². The minimum absolute atomic E-state index is 0.117. The van der Waals surface area contributed by atoms with Crippen LogP contribution in [-0.4, -0.2) is 90.6 Å². The summed E-state index contributed by atoms with van der Waals surface area (Å²) in [5.74, 6) is -0.793. The van der Waals surface area contributed by atoms with Crippen LogP contribution in [0.5, 0.6) is 0 Å². The Morgan fingerprint density at radius 3 is 2.37 bits per heavy atom. The van der Waals surface area contributed by atoms with Crippen LogP contribution < -0.4 is 0 Å². The molecule has 2 aliphatic rings. The number of carbonyl (C=O) groups is 2. The number of halogens is 1. The summed E-state index contributed by atoms with van der Waals surface area (Å²) >= 11 is 7.78. The lowest BCUT2D eigenvalue weighted by atomic mass is 9.91. The van der Waals surface area contributed by atoms with Gasteiger partial charge in [0.15, 0.2) is 6.10 Å². The Morgan fingerprint density at radius 2 is 1.73 bits per heavy atom. The Morgan fingerprint density at radius 1 is 1.04 bits per heavy atom. The van der Waals surface area contributed by atoms with Crippen molar-refractivity contribution in [2.45, 2.75) is 84.2 Å². The van der Waals surface area contributed by atoms with Crippen LogP contribution in [0.25, 0.3) is 43.1 Å². The van der Waals surface area contributed by atoms with E-state index in [1.165, 1.54) is 11.3 Å². The molecule has 11 nitrogen and oxygen atoms in total. The van der Waals surface area contributed by atoms with Crippen LogP contribution >= 0.6 is 22.9 Å². The number of fused-ring (bicyclic) bond motifs is 2. The van der Waals surface area contributed by atoms with Gasteiger partial charge in [-0.25, -0.2) is 19.6 Å². The molecule has 0 radical (unpaired) electrons. The molecule has 2 aromatic carbocycles. The Labute approximate surface area is 312 Å². The maximum absolute atomic E-state index is 12.8. The third kappa shape index (κ3) is 7.13. The molecule has 52 heavy (non-hydrogen) atoms. The molecule has 0 bridgehead atoms. The zero-order chi connectivity index (χ0) is 37.1. The third-order valence-corrected chi connectivity index (χ3v) is 11.2. The molecule has 1 N–H and O–H groups in total. The molecule has 2 fully saturated rings. The zero-order valence-electron chi connectivity index (χ0n) is 30.6. The van der Waals surface area contributed by atoms with E-state index in [1.807, 2.05) is 89.7 Å². The summed E-state index contributed by atoms with van der Waals surface area (Å²) in [7, 11) is 1.96. The van der Waals surface area contributed by atoms with Crippen LogP contribution in [0.2, 0.25) is 5.02 Å². The summed E-state index contributed by atoms with van der Waals surface area (Å²) in [5.41, 5.74) is 6.63. The molecule has 0 spiro atoms. The van der Waals surface area contributed by atoms with Crippen LogP contribution in [-0.2, 0) is 21.3 Å². The lowest BCUT2D eigenvalue weighted by Gasteiger charge is -2.47. The number of carbonyl (C=O) groups excluding carboxylic acids is 1. The van der Waals surface area contributed by atoms with Crippen molar-refractivity contribution in [3.05, 3.63) is 64.3 Å². The third-order valence-electron chi connectivity index (χ3n) is 9.85. The first-order valence-electron chi connectivity index (χ1n) is 17.8. The van der Waals surface area contributed by atoms with Gasteiger partial charge in [-0.15, -0.1) is 11.3 Å². The van der Waals surface area contributed by atoms with Crippen molar-refractivity contribution >= 4 is 56.3 Å². The minimum atomic E-state index is -1.19. The van der Waals surface area contributed by atoms with Crippen molar-refractivity contribution in [3.63, 3.8) is 0 Å². The number of aryl methyl sites for hydroxylation is 2. The summed E-state index contributed by atoms with van der Waals surface area (Å²) in [5, 5.41) is 16.7. The number of nitrogens with zero attached hydrogens (tertiary/aromatic N) is 6. The highest BCUT2D eigenvalue weighted by Crippen LogP contribution is 2.44. The van der Waals surface area contributed by atoms with Crippen LogP contribution in [0.3, 0.4) is 0 Å². The van der Waals surface area contributed by atoms with Gasteiger partial charge < -0.3 is 19.5 Å². The second kappa shape index (κ2) is 14.0. The summed E-state index contributed by atoms with van der Waals surface area (Å²) in [6.07, 6.45) is 0.379. The maximum atomic E-state index is 12.8. The molecule has 0 unspecified atom stereocenters. The highest BCUT2D eigenvalue weighted by Gasteiger charge is 2.38. The van der Waals surface area contributed by atoms with E-state index in [4.69, 9.17) is 36.1 Å². The lowest BCUT2D eigenvalue weighted by Crippen LogP contribution is -2.62. The number of carboxylic acids is 1. The first-order valence-corrected chi connectivity index (χ1v) is 19.0. The van der Waals surface area contributed by atoms with E-state index in [0.29, 0.717) is 29.7 Å². The summed E-state index contributed by atoms with van der Waals surface area (Å²) < 4.78 is 14.3. The van der Waals surface area contributed by atoms with E-state index in [0.717, 1.165) is 80.3 Å². The number of hydrogen-bond acceptors (Lipinski definition) is 9. The number of aromatic nitrogens is 4. The molecule has 2 saturated heterocycles. The van der Waals surface area contributed by atoms with E-state index in [2.05, 4.69) is 11.0 Å². The van der Waals surface area contributed by atoms with Gasteiger partial charge >= 0.3 is 12.1 Å². The Kier molecular flexibility index (Phi) is 9.79. The summed E-state index contributed by atoms with van der Waals surface area (Å²) in [6, 6.07) is 13.8. The van der Waals surface area contributed by atoms with Gasteiger partial charge in [-0.1, -0.05) is 23.7 Å². The number of ether oxygens (including phenoxy) is 2. The lowest BCUT2D eigenvalue weighted by molar-refractivity contribution is -0.160. The average Bonchev–Trinajstić information content (AvgIpc) is 3.63. The molecule has 2 aliphatic heterocycles. The quantitative estimate of drug-likeness (QED) is 0.167. The van der Waals surface area contributed by atoms with Gasteiger partial charge in [0, 0.05) is 48.2 Å². The van der Waals surface area contributed by atoms with Crippen molar-refractivity contribution in [2.24, 2.45) is 7.05 Å². The van der Waals surface area contributed by atoms with Crippen molar-refractivity contribution < 1.29 is 24.2 Å². The zero-order valence-corrected chi connectivity index (χ0v) is 32.2. The first kappa shape index (κ1) is 36.3. The number of thiazole rings is 1. The van der Waals surface area contributed by atoms with Gasteiger partial charge in [-0.2, -0.15) is 5.10 Å². The van der Waals surface area contributed by atoms with Gasteiger partial charge in [-0.3, -0.25) is 9.58 Å². The Balaban J connectivity index is 1.21. The molecule has 3 aromatic heterocycles. The number of piperidine rings is 1. The van der Waals surface area contributed by atoms with Crippen molar-refractivity contribution in [1.29, 1.82) is 0 Å². The monoisotopic (exact) mass is 744 g/mol. The van der Waals surface area contributed by atoms with Crippen LogP contribution in [0, 0.1) is 6.92 Å². The van der Waals surface area contributed by atoms with Crippen molar-refractivity contribution in [1.82, 2.24) is 29.5 Å². The number of carboxylic acid groups (broad SMARTS) is 1. The topological polar surface area (TPSA) is 123 Å². The molecule has 1 atom stereocenters. The summed E-state index contributed by atoms with van der Waals surface area (Å²) in [6.45, 7) is 14.5. The molecule has 1 amide bonds. The van der Waals surface area contributed by atoms with E-state index in [9.17, 15) is 14.7 Å². The number of amides is 1. The normalized spacial score (nSPS) is 16.9. The smallest absolute Gasteiger partial charge is 0.410 e. The van der Waals surface area contributed by atoms with E-state index in [-0.39, 0.29) is 18.1 Å². The van der Waals surface area contributed by atoms with Crippen LogP contribution in [0.4, 0.5) is 4.79 Å². The fourth-order valence-electron chi connectivity index (χ4n) is 7.36. The molecule has 274 valence electrons. The van der Waals surface area contributed by atoms with Gasteiger partial charge in [0.25, 0.3) is 0 Å². The number of aliphatic carboxylic acids is 1. The molecular formula is C39H45ClN6O5S. The van der Waals surface area contributed by atoms with Crippen LogP contribution in [0.1, 0.15) is 76.3 Å². The molecule has 5 aromatic rings. The van der Waals surface area contributed by atoms with E-state index < -0.39 is 17.7 Å². The predicted molar refractivity (Wildman–Crippen MR) is 204 cm³/mol. The highest BCUT2D eigenvalue weighted by molar-refractivity contribution is 7.22. The predicted octanol–water partition coefficient (Wildman–Crippen LogP) is 8.22. The summed E-state index contributed by atoms with van der Waals surface area (Å²) in [4.78, 5) is 39.6. The minimum Gasteiger partial charge on any atom is -0.479 e. The standard InChI is InChI=1S/C39H45ClN6O5S/c1-21(2)50-38(49)46-19-26(20-46)45-16-14-24(15-17-45)32-33-29(44(7)43-32)13-12-27(41-33)36-42-28-18-22(3)30(34(37(47)48)51-39(4,5)6)31(35(28)52-36)23-8-10-25(40)11-9-23/h8-13,18,21,24,26,34H,14-17,19-20H2,1-7H3,(H,47,48)/t34-/m0/s1. The second-order valence-corrected chi connectivity index (χ2v) is 16.6. The molecular weight excluding hydrogens is 700 g/mol. The van der Waals surface area contributed by atoms with Crippen molar-refractivity contribution in [3.8, 4) is 21.8 Å². The Bertz CT molecular complexity index is 2140. The van der Waals surface area contributed by atoms with Gasteiger partial charge in [0.05, 0.1) is 38.8 Å². The molecule has 0 saturated carbocycles. The maximum Gasteiger partial charge on any atom is 0.410 e.